The Kier molecular flexibility index (Phi) is 6.28. The van der Waals surface area contributed by atoms with Crippen LogP contribution >= 0.6 is 0 Å². The monoisotopic (exact) mass is 473 g/mol. The molecule has 0 atom stereocenters. The van der Waals surface area contributed by atoms with E-state index >= 15 is 0 Å². The van der Waals surface area contributed by atoms with E-state index in [1.54, 1.807) is 0 Å². The smallest absolute Gasteiger partial charge is 0.421 e. The lowest BCUT2D eigenvalue weighted by Gasteiger charge is -2.26. The maximum atomic E-state index is 13.2. The first-order valence-electron chi connectivity index (χ1n) is 10.2. The van der Waals surface area contributed by atoms with Crippen LogP contribution in [0.1, 0.15) is 30.0 Å². The Morgan fingerprint density at radius 3 is 2.38 bits per heavy atom. The van der Waals surface area contributed by atoms with E-state index in [4.69, 9.17) is 9.47 Å². The number of nitrogens with zero attached hydrogens (tertiary/aromatic N) is 3. The van der Waals surface area contributed by atoms with Crippen LogP contribution < -0.4 is 10.3 Å². The van der Waals surface area contributed by atoms with Gasteiger partial charge in [0.1, 0.15) is 17.9 Å². The first-order chi connectivity index (χ1) is 15.2. The number of alkyl halides is 3. The second-order valence-corrected chi connectivity index (χ2v) is 9.56. The van der Waals surface area contributed by atoms with Gasteiger partial charge in [0.15, 0.2) is 0 Å². The summed E-state index contributed by atoms with van der Waals surface area (Å²) in [4.78, 5) is 12.3. The molecule has 0 amide bonds. The summed E-state index contributed by atoms with van der Waals surface area (Å²) in [5.74, 6) is 0.276. The average molecular weight is 473 g/mol. The molecule has 174 valence electrons. The van der Waals surface area contributed by atoms with Crippen molar-refractivity contribution in [1.29, 1.82) is 0 Å². The van der Waals surface area contributed by atoms with Gasteiger partial charge in [-0.25, -0.2) is 13.1 Å². The number of ether oxygens (including phenoxy) is 2. The van der Waals surface area contributed by atoms with Gasteiger partial charge in [0.25, 0.3) is 5.56 Å². The predicted molar refractivity (Wildman–Crippen MR) is 107 cm³/mol. The zero-order valence-corrected chi connectivity index (χ0v) is 17.9. The molecule has 1 aliphatic heterocycles. The zero-order valence-electron chi connectivity index (χ0n) is 17.0. The molecule has 2 aromatic rings. The SMILES string of the molecule is O=c1c(C(F)(F)F)cc(C2CC2)nn1CCOc1ccc(S(=O)(=O)N2CCOCC2)cc1. The molecule has 0 unspecified atom stereocenters. The molecule has 2 aliphatic rings. The molecular weight excluding hydrogens is 451 g/mol. The Morgan fingerprint density at radius 1 is 1.12 bits per heavy atom. The lowest BCUT2D eigenvalue weighted by atomic mass is 10.2. The molecule has 2 heterocycles. The Morgan fingerprint density at radius 2 is 1.78 bits per heavy atom. The first kappa shape index (κ1) is 22.7. The molecule has 1 aromatic heterocycles. The molecule has 32 heavy (non-hydrogen) atoms. The number of rotatable bonds is 7. The predicted octanol–water partition coefficient (Wildman–Crippen LogP) is 2.24. The van der Waals surface area contributed by atoms with Crippen LogP contribution in [0.15, 0.2) is 40.0 Å². The molecular formula is C20H22F3N3O5S. The highest BCUT2D eigenvalue weighted by molar-refractivity contribution is 7.89. The first-order valence-corrected chi connectivity index (χ1v) is 11.6. The third kappa shape index (κ3) is 4.97. The van der Waals surface area contributed by atoms with E-state index in [9.17, 15) is 26.4 Å². The fourth-order valence-corrected chi connectivity index (χ4v) is 4.80. The van der Waals surface area contributed by atoms with E-state index in [1.165, 1.54) is 28.6 Å². The molecule has 0 bridgehead atoms. The highest BCUT2D eigenvalue weighted by atomic mass is 32.2. The van der Waals surface area contributed by atoms with Crippen LogP contribution in [0.5, 0.6) is 5.75 Å². The lowest BCUT2D eigenvalue weighted by molar-refractivity contribution is -0.139. The number of hydrogen-bond donors (Lipinski definition) is 0. The molecule has 2 fully saturated rings. The van der Waals surface area contributed by atoms with E-state index in [2.05, 4.69) is 5.10 Å². The number of morpholine rings is 1. The summed E-state index contributed by atoms with van der Waals surface area (Å²) in [5, 5.41) is 4.07. The Balaban J connectivity index is 1.43. The van der Waals surface area contributed by atoms with Crippen molar-refractivity contribution in [2.75, 3.05) is 32.9 Å². The molecule has 0 radical (unpaired) electrons. The minimum atomic E-state index is -4.76. The minimum Gasteiger partial charge on any atom is -0.492 e. The van der Waals surface area contributed by atoms with Crippen molar-refractivity contribution in [1.82, 2.24) is 14.1 Å². The summed E-state index contributed by atoms with van der Waals surface area (Å²) < 4.78 is 77.7. The molecule has 8 nitrogen and oxygen atoms in total. The van der Waals surface area contributed by atoms with E-state index in [-0.39, 0.29) is 42.7 Å². The summed E-state index contributed by atoms with van der Waals surface area (Å²) in [6.45, 7) is 0.964. The van der Waals surface area contributed by atoms with E-state index in [1.807, 2.05) is 0 Å². The summed E-state index contributed by atoms with van der Waals surface area (Å²) in [5.41, 5.74) is -2.18. The summed E-state index contributed by atoms with van der Waals surface area (Å²) in [7, 11) is -3.64. The topological polar surface area (TPSA) is 90.7 Å². The van der Waals surface area contributed by atoms with Crippen molar-refractivity contribution in [3.8, 4) is 5.75 Å². The van der Waals surface area contributed by atoms with Gasteiger partial charge in [0.2, 0.25) is 10.0 Å². The number of hydrogen-bond acceptors (Lipinski definition) is 6. The molecule has 1 aliphatic carbocycles. The lowest BCUT2D eigenvalue weighted by Crippen LogP contribution is -2.40. The quantitative estimate of drug-likeness (QED) is 0.613. The molecule has 1 saturated heterocycles. The third-order valence-electron chi connectivity index (χ3n) is 5.30. The van der Waals surface area contributed by atoms with Crippen molar-refractivity contribution in [3.05, 3.63) is 51.9 Å². The van der Waals surface area contributed by atoms with Gasteiger partial charge in [-0.3, -0.25) is 4.79 Å². The van der Waals surface area contributed by atoms with E-state index < -0.39 is 27.3 Å². The highest BCUT2D eigenvalue weighted by Crippen LogP contribution is 2.40. The van der Waals surface area contributed by atoms with E-state index in [0.717, 1.165) is 23.6 Å². The summed E-state index contributed by atoms with van der Waals surface area (Å²) in [6, 6.07) is 6.57. The van der Waals surface area contributed by atoms with Crippen molar-refractivity contribution >= 4 is 10.0 Å². The summed E-state index contributed by atoms with van der Waals surface area (Å²) in [6.07, 6.45) is -3.26. The van der Waals surface area contributed by atoms with Gasteiger partial charge < -0.3 is 9.47 Å². The number of sulfonamides is 1. The zero-order chi connectivity index (χ0) is 22.9. The third-order valence-corrected chi connectivity index (χ3v) is 7.21. The highest BCUT2D eigenvalue weighted by Gasteiger charge is 2.37. The van der Waals surface area contributed by atoms with Crippen molar-refractivity contribution in [2.45, 2.75) is 36.4 Å². The van der Waals surface area contributed by atoms with Crippen LogP contribution in [0.4, 0.5) is 13.2 Å². The molecule has 1 aromatic carbocycles. The van der Waals surface area contributed by atoms with Crippen molar-refractivity contribution in [2.24, 2.45) is 0 Å². The van der Waals surface area contributed by atoms with Gasteiger partial charge in [-0.1, -0.05) is 0 Å². The fourth-order valence-electron chi connectivity index (χ4n) is 3.39. The number of halogens is 3. The van der Waals surface area contributed by atoms with Crippen LogP contribution in [-0.2, 0) is 27.5 Å². The van der Waals surface area contributed by atoms with E-state index in [0.29, 0.717) is 19.0 Å². The Bertz CT molecular complexity index is 1120. The van der Waals surface area contributed by atoms with Gasteiger partial charge >= 0.3 is 6.18 Å². The molecule has 4 rings (SSSR count). The van der Waals surface area contributed by atoms with Crippen LogP contribution in [-0.4, -0.2) is 55.4 Å². The minimum absolute atomic E-state index is 0.0511. The van der Waals surface area contributed by atoms with Gasteiger partial charge in [-0.15, -0.1) is 0 Å². The Labute approximate surface area is 182 Å². The van der Waals surface area contributed by atoms with Crippen molar-refractivity contribution in [3.63, 3.8) is 0 Å². The number of aromatic nitrogens is 2. The molecule has 0 N–H and O–H groups in total. The Hall–Kier alpha value is -2.44. The van der Waals surface area contributed by atoms with Crippen LogP contribution in [0.3, 0.4) is 0 Å². The van der Waals surface area contributed by atoms with Gasteiger partial charge in [0.05, 0.1) is 30.3 Å². The van der Waals surface area contributed by atoms with Gasteiger partial charge in [-0.2, -0.15) is 22.6 Å². The number of benzene rings is 1. The van der Waals surface area contributed by atoms with Gasteiger partial charge in [-0.05, 0) is 43.2 Å². The maximum absolute atomic E-state index is 13.2. The standard InChI is InChI=1S/C20H22F3N3O5S/c21-20(22,23)17-13-18(14-1-2-14)24-26(19(17)27)9-12-31-15-3-5-16(6-4-15)32(28,29)25-7-10-30-11-8-25/h3-6,13-14H,1-2,7-12H2. The van der Waals surface area contributed by atoms with Gasteiger partial charge in [0, 0.05) is 19.0 Å². The molecule has 1 saturated carbocycles. The van der Waals surface area contributed by atoms with Crippen LogP contribution in [0.25, 0.3) is 0 Å². The summed E-state index contributed by atoms with van der Waals surface area (Å²) >= 11 is 0. The normalized spacial score (nSPS) is 18.0. The van der Waals surface area contributed by atoms with Crippen LogP contribution in [0, 0.1) is 0 Å². The largest absolute Gasteiger partial charge is 0.492 e. The van der Waals surface area contributed by atoms with Crippen LogP contribution in [0.2, 0.25) is 0 Å². The molecule has 12 heteroatoms. The average Bonchev–Trinajstić information content (AvgIpc) is 3.60. The van der Waals surface area contributed by atoms with Crippen molar-refractivity contribution < 1.29 is 31.1 Å². The maximum Gasteiger partial charge on any atom is 0.421 e. The second-order valence-electron chi connectivity index (χ2n) is 7.62. The molecule has 0 spiro atoms. The fraction of sp³-hybridized carbons (Fsp3) is 0.500. The second kappa shape index (κ2) is 8.83.